The number of imidazole rings is 1. The lowest BCUT2D eigenvalue weighted by Crippen LogP contribution is -2.24. The number of nitrogens with zero attached hydrogens (tertiary/aromatic N) is 2. The topological polar surface area (TPSA) is 64.0 Å². The molecule has 1 aromatic heterocycles. The van der Waals surface area contributed by atoms with E-state index in [-0.39, 0.29) is 11.4 Å². The maximum Gasteiger partial charge on any atom is 0.240 e. The second-order valence-electron chi connectivity index (χ2n) is 4.71. The summed E-state index contributed by atoms with van der Waals surface area (Å²) in [6.07, 6.45) is 0. The smallest absolute Gasteiger partial charge is 0.240 e. The van der Waals surface area contributed by atoms with Gasteiger partial charge < -0.3 is 4.57 Å². The van der Waals surface area contributed by atoms with Crippen LogP contribution in [0.4, 0.5) is 0 Å². The second kappa shape index (κ2) is 5.31. The highest BCUT2D eigenvalue weighted by Gasteiger charge is 2.15. The van der Waals surface area contributed by atoms with E-state index in [1.54, 1.807) is 30.3 Å². The summed E-state index contributed by atoms with van der Waals surface area (Å²) in [4.78, 5) is 4.70. The third kappa shape index (κ3) is 2.68. The zero-order chi connectivity index (χ0) is 14.9. The van der Waals surface area contributed by atoms with Crippen molar-refractivity contribution in [3.05, 3.63) is 60.4 Å². The molecule has 0 saturated carbocycles. The van der Waals surface area contributed by atoms with Crippen molar-refractivity contribution in [1.29, 1.82) is 0 Å². The largest absolute Gasteiger partial charge is 0.330 e. The van der Waals surface area contributed by atoms with Crippen LogP contribution in [0.3, 0.4) is 0 Å². The van der Waals surface area contributed by atoms with E-state index in [1.807, 2.05) is 35.9 Å². The van der Waals surface area contributed by atoms with Crippen LogP contribution in [0, 0.1) is 0 Å². The van der Waals surface area contributed by atoms with Crippen LogP contribution >= 0.6 is 0 Å². The van der Waals surface area contributed by atoms with Crippen molar-refractivity contribution in [2.75, 3.05) is 0 Å². The molecule has 0 bridgehead atoms. The van der Waals surface area contributed by atoms with Crippen molar-refractivity contribution in [2.45, 2.75) is 11.4 Å². The first-order valence-electron chi connectivity index (χ1n) is 6.53. The average Bonchev–Trinajstić information content (AvgIpc) is 2.83. The highest BCUT2D eigenvalue weighted by Crippen LogP contribution is 2.15. The van der Waals surface area contributed by atoms with Gasteiger partial charge in [0.15, 0.2) is 0 Å². The number of fused-ring (bicyclic) bond motifs is 1. The second-order valence-corrected chi connectivity index (χ2v) is 6.48. The molecule has 0 aliphatic heterocycles. The Bertz CT molecular complexity index is 870. The van der Waals surface area contributed by atoms with E-state index in [9.17, 15) is 8.42 Å². The standard InChI is InChI=1S/C15H15N3O2S/c1-18-14-10-6-5-9-13(14)17-15(18)11-16-21(19,20)12-7-3-2-4-8-12/h2-10,16H,11H2,1H3. The summed E-state index contributed by atoms with van der Waals surface area (Å²) in [7, 11) is -1.64. The minimum Gasteiger partial charge on any atom is -0.330 e. The minimum absolute atomic E-state index is 0.155. The Labute approximate surface area is 123 Å². The number of aryl methyl sites for hydroxylation is 1. The molecule has 0 amide bonds. The Balaban J connectivity index is 1.85. The first-order valence-corrected chi connectivity index (χ1v) is 8.01. The molecule has 0 aliphatic carbocycles. The Morgan fingerprint density at radius 1 is 1.05 bits per heavy atom. The molecule has 108 valence electrons. The van der Waals surface area contributed by atoms with Crippen LogP contribution in [-0.2, 0) is 23.6 Å². The lowest BCUT2D eigenvalue weighted by molar-refractivity contribution is 0.578. The van der Waals surface area contributed by atoms with E-state index in [2.05, 4.69) is 9.71 Å². The predicted molar refractivity (Wildman–Crippen MR) is 81.2 cm³/mol. The number of hydrogen-bond donors (Lipinski definition) is 1. The lowest BCUT2D eigenvalue weighted by atomic mass is 10.3. The van der Waals surface area contributed by atoms with Gasteiger partial charge in [-0.05, 0) is 24.3 Å². The Morgan fingerprint density at radius 3 is 2.43 bits per heavy atom. The minimum atomic E-state index is -3.52. The molecule has 0 radical (unpaired) electrons. The van der Waals surface area contributed by atoms with E-state index >= 15 is 0 Å². The van der Waals surface area contributed by atoms with Crippen LogP contribution in [0.2, 0.25) is 0 Å². The van der Waals surface area contributed by atoms with Crippen molar-refractivity contribution in [2.24, 2.45) is 7.05 Å². The zero-order valence-electron chi connectivity index (χ0n) is 11.5. The van der Waals surface area contributed by atoms with E-state index < -0.39 is 10.0 Å². The quantitative estimate of drug-likeness (QED) is 0.802. The van der Waals surface area contributed by atoms with Crippen molar-refractivity contribution in [3.8, 4) is 0 Å². The molecule has 6 heteroatoms. The summed E-state index contributed by atoms with van der Waals surface area (Å²) < 4.78 is 28.8. The molecule has 0 fully saturated rings. The third-order valence-electron chi connectivity index (χ3n) is 3.35. The SMILES string of the molecule is Cn1c(CNS(=O)(=O)c2ccccc2)nc2ccccc21. The number of sulfonamides is 1. The number of nitrogens with one attached hydrogen (secondary N) is 1. The molecule has 5 nitrogen and oxygen atoms in total. The summed E-state index contributed by atoms with van der Waals surface area (Å²) in [6.45, 7) is 0.155. The van der Waals surface area contributed by atoms with Crippen molar-refractivity contribution < 1.29 is 8.42 Å². The molecule has 0 spiro atoms. The van der Waals surface area contributed by atoms with Gasteiger partial charge >= 0.3 is 0 Å². The van der Waals surface area contributed by atoms with Crippen LogP contribution in [0.15, 0.2) is 59.5 Å². The molecule has 1 heterocycles. The van der Waals surface area contributed by atoms with E-state index in [0.29, 0.717) is 5.82 Å². The van der Waals surface area contributed by atoms with Gasteiger partial charge in [-0.25, -0.2) is 18.1 Å². The number of benzene rings is 2. The predicted octanol–water partition coefficient (Wildman–Crippen LogP) is 2.05. The average molecular weight is 301 g/mol. The van der Waals surface area contributed by atoms with Crippen LogP contribution in [0.25, 0.3) is 11.0 Å². The molecule has 3 rings (SSSR count). The monoisotopic (exact) mass is 301 g/mol. The zero-order valence-corrected chi connectivity index (χ0v) is 12.3. The molecular formula is C15H15N3O2S. The fraction of sp³-hybridized carbons (Fsp3) is 0.133. The summed E-state index contributed by atoms with van der Waals surface area (Å²) in [6, 6.07) is 16.0. The Kier molecular flexibility index (Phi) is 3.48. The molecule has 0 saturated heterocycles. The van der Waals surface area contributed by atoms with E-state index in [0.717, 1.165) is 11.0 Å². The molecule has 0 unspecified atom stereocenters. The fourth-order valence-corrected chi connectivity index (χ4v) is 3.20. The Morgan fingerprint density at radius 2 is 1.71 bits per heavy atom. The van der Waals surface area contributed by atoms with Gasteiger partial charge in [0.05, 0.1) is 22.5 Å². The number of rotatable bonds is 4. The first kappa shape index (κ1) is 13.8. The first-order chi connectivity index (χ1) is 10.1. The number of para-hydroxylation sites is 2. The van der Waals surface area contributed by atoms with Gasteiger partial charge in [0.1, 0.15) is 5.82 Å². The van der Waals surface area contributed by atoms with Gasteiger partial charge in [-0.15, -0.1) is 0 Å². The normalized spacial score (nSPS) is 11.9. The van der Waals surface area contributed by atoms with Gasteiger partial charge in [-0.3, -0.25) is 0 Å². The van der Waals surface area contributed by atoms with Gasteiger partial charge in [0, 0.05) is 7.05 Å². The maximum absolute atomic E-state index is 12.2. The summed E-state index contributed by atoms with van der Waals surface area (Å²) >= 11 is 0. The molecule has 2 aromatic carbocycles. The lowest BCUT2D eigenvalue weighted by Gasteiger charge is -2.06. The van der Waals surface area contributed by atoms with Crippen molar-refractivity contribution in [1.82, 2.24) is 14.3 Å². The number of hydrogen-bond acceptors (Lipinski definition) is 3. The molecule has 1 N–H and O–H groups in total. The molecule has 0 aliphatic rings. The van der Waals surface area contributed by atoms with Crippen LogP contribution in [0.5, 0.6) is 0 Å². The third-order valence-corrected chi connectivity index (χ3v) is 4.77. The van der Waals surface area contributed by atoms with E-state index in [1.165, 1.54) is 0 Å². The maximum atomic E-state index is 12.2. The van der Waals surface area contributed by atoms with Crippen molar-refractivity contribution >= 4 is 21.1 Å². The van der Waals surface area contributed by atoms with Crippen LogP contribution in [0.1, 0.15) is 5.82 Å². The highest BCUT2D eigenvalue weighted by molar-refractivity contribution is 7.89. The van der Waals surface area contributed by atoms with Crippen LogP contribution < -0.4 is 4.72 Å². The number of aromatic nitrogens is 2. The molecule has 0 atom stereocenters. The highest BCUT2D eigenvalue weighted by atomic mass is 32.2. The van der Waals surface area contributed by atoms with Crippen LogP contribution in [-0.4, -0.2) is 18.0 Å². The fourth-order valence-electron chi connectivity index (χ4n) is 2.20. The molecule has 3 aromatic rings. The summed E-state index contributed by atoms with van der Waals surface area (Å²) in [5.74, 6) is 0.677. The van der Waals surface area contributed by atoms with Crippen molar-refractivity contribution in [3.63, 3.8) is 0 Å². The van der Waals surface area contributed by atoms with E-state index in [4.69, 9.17) is 0 Å². The Hall–Kier alpha value is -2.18. The molecule has 21 heavy (non-hydrogen) atoms. The van der Waals surface area contributed by atoms with Gasteiger partial charge in [0.25, 0.3) is 0 Å². The van der Waals surface area contributed by atoms with Gasteiger partial charge in [-0.1, -0.05) is 30.3 Å². The summed E-state index contributed by atoms with van der Waals surface area (Å²) in [5.41, 5.74) is 1.83. The summed E-state index contributed by atoms with van der Waals surface area (Å²) in [5, 5.41) is 0. The van der Waals surface area contributed by atoms with Gasteiger partial charge in [-0.2, -0.15) is 0 Å². The molecular weight excluding hydrogens is 286 g/mol. The van der Waals surface area contributed by atoms with Gasteiger partial charge in [0.2, 0.25) is 10.0 Å².